The Morgan fingerprint density at radius 1 is 1.23 bits per heavy atom. The topological polar surface area (TPSA) is 55.4 Å². The lowest BCUT2D eigenvalue weighted by Crippen LogP contribution is -2.20. The molecule has 1 unspecified atom stereocenters. The number of hydrogen-bond acceptors (Lipinski definition) is 3. The number of amides is 1. The van der Waals surface area contributed by atoms with Gasteiger partial charge in [0.1, 0.15) is 5.75 Å². The van der Waals surface area contributed by atoms with Crippen molar-refractivity contribution in [2.24, 2.45) is 0 Å². The third-order valence-electron chi connectivity index (χ3n) is 3.14. The maximum absolute atomic E-state index is 12.4. The Balaban J connectivity index is 2.20. The molecule has 0 saturated carbocycles. The van der Waals surface area contributed by atoms with Crippen LogP contribution in [0.2, 0.25) is 5.02 Å². The average molecular weight is 406 g/mol. The first-order valence-electron chi connectivity index (χ1n) is 7.33. The van der Waals surface area contributed by atoms with Crippen molar-refractivity contribution in [3.8, 4) is 5.75 Å². The van der Waals surface area contributed by atoms with Gasteiger partial charge < -0.3 is 10.1 Å². The van der Waals surface area contributed by atoms with Crippen LogP contribution in [0.4, 0.5) is 18.9 Å². The smallest absolute Gasteiger partial charge is 0.422 e. The number of benzene rings is 2. The predicted octanol–water partition coefficient (Wildman–Crippen LogP) is 4.41. The molecule has 26 heavy (non-hydrogen) atoms. The highest BCUT2D eigenvalue weighted by Crippen LogP contribution is 2.30. The number of anilines is 1. The number of halogens is 4. The van der Waals surface area contributed by atoms with Gasteiger partial charge in [-0.3, -0.25) is 9.00 Å². The zero-order chi connectivity index (χ0) is 19.3. The standard InChI is InChI=1S/C17H15ClF3NO3S/c1-26(24)9-11-3-2-4-12(7-11)16(23)22-14-8-13(18)5-6-15(14)25-10-17(19,20)21/h2-8H,9-10H2,1H3,(H,22,23). The molecular weight excluding hydrogens is 391 g/mol. The summed E-state index contributed by atoms with van der Waals surface area (Å²) >= 11 is 5.86. The summed E-state index contributed by atoms with van der Waals surface area (Å²) in [5, 5.41) is 2.72. The summed E-state index contributed by atoms with van der Waals surface area (Å²) in [6.45, 7) is -1.49. The average Bonchev–Trinajstić information content (AvgIpc) is 2.53. The lowest BCUT2D eigenvalue weighted by atomic mass is 10.1. The van der Waals surface area contributed by atoms with E-state index in [1.807, 2.05) is 0 Å². The van der Waals surface area contributed by atoms with Crippen LogP contribution in [0.5, 0.6) is 5.75 Å². The summed E-state index contributed by atoms with van der Waals surface area (Å²) in [5.74, 6) is -0.406. The van der Waals surface area contributed by atoms with Gasteiger partial charge in [-0.05, 0) is 35.9 Å². The predicted molar refractivity (Wildman–Crippen MR) is 95.2 cm³/mol. The van der Waals surface area contributed by atoms with E-state index in [2.05, 4.69) is 5.32 Å². The van der Waals surface area contributed by atoms with Crippen molar-refractivity contribution in [1.29, 1.82) is 0 Å². The number of carbonyl (C=O) groups is 1. The highest BCUT2D eigenvalue weighted by atomic mass is 35.5. The molecule has 4 nitrogen and oxygen atoms in total. The van der Waals surface area contributed by atoms with Crippen molar-refractivity contribution in [3.63, 3.8) is 0 Å². The van der Waals surface area contributed by atoms with Gasteiger partial charge in [-0.25, -0.2) is 0 Å². The van der Waals surface area contributed by atoms with Crippen LogP contribution in [0.25, 0.3) is 0 Å². The minimum atomic E-state index is -4.51. The minimum absolute atomic E-state index is 0.0243. The van der Waals surface area contributed by atoms with Crippen molar-refractivity contribution in [1.82, 2.24) is 0 Å². The first-order valence-corrected chi connectivity index (χ1v) is 9.44. The number of rotatable bonds is 6. The molecule has 0 heterocycles. The van der Waals surface area contributed by atoms with Crippen LogP contribution in [-0.4, -0.2) is 29.2 Å². The second kappa shape index (κ2) is 8.55. The monoisotopic (exact) mass is 405 g/mol. The molecule has 0 spiro atoms. The fourth-order valence-corrected chi connectivity index (χ4v) is 2.94. The first-order chi connectivity index (χ1) is 12.1. The van der Waals surface area contributed by atoms with Crippen molar-refractivity contribution in [2.75, 3.05) is 18.2 Å². The zero-order valence-corrected chi connectivity index (χ0v) is 15.2. The second-order valence-electron chi connectivity index (χ2n) is 5.42. The van der Waals surface area contributed by atoms with Crippen LogP contribution in [-0.2, 0) is 16.6 Å². The highest BCUT2D eigenvalue weighted by Gasteiger charge is 2.29. The number of alkyl halides is 3. The summed E-state index contributed by atoms with van der Waals surface area (Å²) in [6.07, 6.45) is -2.96. The molecule has 140 valence electrons. The van der Waals surface area contributed by atoms with E-state index < -0.39 is 29.5 Å². The molecule has 0 bridgehead atoms. The normalized spacial score (nSPS) is 12.5. The third kappa shape index (κ3) is 6.34. The summed E-state index contributed by atoms with van der Waals surface area (Å²) in [6, 6.07) is 10.4. The minimum Gasteiger partial charge on any atom is -0.482 e. The van der Waals surface area contributed by atoms with Gasteiger partial charge in [0.2, 0.25) is 0 Å². The molecule has 9 heteroatoms. The van der Waals surface area contributed by atoms with Gasteiger partial charge in [-0.2, -0.15) is 13.2 Å². The van der Waals surface area contributed by atoms with E-state index in [1.54, 1.807) is 24.5 Å². The third-order valence-corrected chi connectivity index (χ3v) is 4.12. The van der Waals surface area contributed by atoms with Gasteiger partial charge in [0.05, 0.1) is 5.69 Å². The molecule has 0 aromatic heterocycles. The van der Waals surface area contributed by atoms with E-state index in [-0.39, 0.29) is 27.8 Å². The van der Waals surface area contributed by atoms with Crippen LogP contribution in [0.15, 0.2) is 42.5 Å². The Morgan fingerprint density at radius 3 is 2.62 bits per heavy atom. The van der Waals surface area contributed by atoms with Crippen LogP contribution < -0.4 is 10.1 Å². The molecule has 0 aliphatic rings. The van der Waals surface area contributed by atoms with Gasteiger partial charge in [0, 0.05) is 33.4 Å². The fraction of sp³-hybridized carbons (Fsp3) is 0.235. The molecule has 0 radical (unpaired) electrons. The molecule has 0 fully saturated rings. The maximum atomic E-state index is 12.4. The van der Waals surface area contributed by atoms with Crippen LogP contribution >= 0.6 is 11.6 Å². The lowest BCUT2D eigenvalue weighted by Gasteiger charge is -2.14. The Hall–Kier alpha value is -2.06. The zero-order valence-electron chi connectivity index (χ0n) is 13.6. The Morgan fingerprint density at radius 2 is 1.96 bits per heavy atom. The summed E-state index contributed by atoms with van der Waals surface area (Å²) < 4.78 is 53.1. The lowest BCUT2D eigenvalue weighted by molar-refractivity contribution is -0.153. The van der Waals surface area contributed by atoms with Crippen LogP contribution in [0.1, 0.15) is 15.9 Å². The number of ether oxygens (including phenoxy) is 1. The molecule has 0 aliphatic carbocycles. The van der Waals surface area contributed by atoms with Crippen molar-refractivity contribution in [3.05, 3.63) is 58.6 Å². The molecule has 2 aromatic carbocycles. The fourth-order valence-electron chi connectivity index (χ4n) is 2.12. The van der Waals surface area contributed by atoms with E-state index in [9.17, 15) is 22.2 Å². The summed E-state index contributed by atoms with van der Waals surface area (Å²) in [5.41, 5.74) is 1.00. The van der Waals surface area contributed by atoms with Crippen LogP contribution in [0, 0.1) is 0 Å². The second-order valence-corrected chi connectivity index (χ2v) is 7.29. The number of nitrogens with one attached hydrogen (secondary N) is 1. The highest BCUT2D eigenvalue weighted by molar-refractivity contribution is 7.83. The largest absolute Gasteiger partial charge is 0.482 e. The molecular formula is C17H15ClF3NO3S. The molecule has 1 atom stereocenters. The van der Waals surface area contributed by atoms with Gasteiger partial charge in [-0.15, -0.1) is 0 Å². The van der Waals surface area contributed by atoms with Gasteiger partial charge in [0.25, 0.3) is 5.91 Å². The first kappa shape index (κ1) is 20.3. The molecule has 0 saturated heterocycles. The number of hydrogen-bond donors (Lipinski definition) is 1. The number of carbonyl (C=O) groups excluding carboxylic acids is 1. The SMILES string of the molecule is CS(=O)Cc1cccc(C(=O)Nc2cc(Cl)ccc2OCC(F)(F)F)c1. The molecule has 2 aromatic rings. The van der Waals surface area contributed by atoms with Gasteiger partial charge >= 0.3 is 6.18 Å². The molecule has 1 N–H and O–H groups in total. The van der Waals surface area contributed by atoms with Gasteiger partial charge in [0.15, 0.2) is 6.61 Å². The van der Waals surface area contributed by atoms with Crippen molar-refractivity contribution < 1.29 is 26.9 Å². The Labute approximate surface area is 155 Å². The molecule has 2 rings (SSSR count). The Kier molecular flexibility index (Phi) is 6.66. The quantitative estimate of drug-likeness (QED) is 0.774. The van der Waals surface area contributed by atoms with Crippen molar-refractivity contribution >= 4 is 34.0 Å². The summed E-state index contributed by atoms with van der Waals surface area (Å²) in [4.78, 5) is 12.4. The molecule has 0 aliphatic heterocycles. The van der Waals surface area contributed by atoms with Crippen molar-refractivity contribution in [2.45, 2.75) is 11.9 Å². The molecule has 1 amide bonds. The maximum Gasteiger partial charge on any atom is 0.422 e. The van der Waals surface area contributed by atoms with Gasteiger partial charge in [-0.1, -0.05) is 23.7 Å². The van der Waals surface area contributed by atoms with Crippen LogP contribution in [0.3, 0.4) is 0 Å². The Bertz CT molecular complexity index is 827. The van der Waals surface area contributed by atoms with E-state index in [1.165, 1.54) is 24.3 Å². The van der Waals surface area contributed by atoms with E-state index in [4.69, 9.17) is 16.3 Å². The van der Waals surface area contributed by atoms with E-state index in [0.29, 0.717) is 5.56 Å². The van der Waals surface area contributed by atoms with E-state index in [0.717, 1.165) is 0 Å². The summed E-state index contributed by atoms with van der Waals surface area (Å²) in [7, 11) is -1.07. The van der Waals surface area contributed by atoms with E-state index >= 15 is 0 Å².